The molecule has 3 aliphatic rings. The highest BCUT2D eigenvalue weighted by atomic mass is 15.2. The van der Waals surface area contributed by atoms with Crippen LogP contribution in [0.3, 0.4) is 0 Å². The topological polar surface area (TPSA) is 9.72 Å². The van der Waals surface area contributed by atoms with Gasteiger partial charge in [0.15, 0.2) is 0 Å². The molecule has 0 saturated heterocycles. The van der Waals surface area contributed by atoms with Gasteiger partial charge in [-0.05, 0) is 159 Å². The molecule has 3 heteroatoms. The number of benzene rings is 9. The van der Waals surface area contributed by atoms with Crippen LogP contribution < -0.4 is 14.7 Å². The minimum Gasteiger partial charge on any atom is -0.310 e. The van der Waals surface area contributed by atoms with E-state index in [-0.39, 0.29) is 10.8 Å². The zero-order valence-electron chi connectivity index (χ0n) is 37.5. The first kappa shape index (κ1) is 39.0. The fraction of sp³-hybridized carbons (Fsp3) is 0.129. The van der Waals surface area contributed by atoms with E-state index in [9.17, 15) is 0 Å². The molecule has 0 N–H and O–H groups in total. The van der Waals surface area contributed by atoms with Crippen LogP contribution in [0.1, 0.15) is 67.5 Å². The number of anilines is 9. The highest BCUT2D eigenvalue weighted by molar-refractivity contribution is 5.96. The Morgan fingerprint density at radius 1 is 0.400 bits per heavy atom. The van der Waals surface area contributed by atoms with Gasteiger partial charge in [-0.3, -0.25) is 0 Å². The summed E-state index contributed by atoms with van der Waals surface area (Å²) in [5.74, 6) is 0. The summed E-state index contributed by atoms with van der Waals surface area (Å²) in [5.41, 5.74) is 20.6. The number of allylic oxidation sites excluding steroid dienone is 1. The van der Waals surface area contributed by atoms with Crippen molar-refractivity contribution >= 4 is 68.0 Å². The van der Waals surface area contributed by atoms with E-state index in [0.717, 1.165) is 41.3 Å². The van der Waals surface area contributed by atoms with Crippen molar-refractivity contribution in [3.63, 3.8) is 0 Å². The summed E-state index contributed by atoms with van der Waals surface area (Å²) < 4.78 is 0. The van der Waals surface area contributed by atoms with Gasteiger partial charge in [0.25, 0.3) is 0 Å². The smallest absolute Gasteiger partial charge is 0.0545 e. The Hall–Kier alpha value is -7.62. The summed E-state index contributed by atoms with van der Waals surface area (Å²) in [6.07, 6.45) is 6.69. The zero-order chi connectivity index (χ0) is 43.9. The van der Waals surface area contributed by atoms with Crippen molar-refractivity contribution in [2.45, 2.75) is 51.4 Å². The first-order valence-electron chi connectivity index (χ1n) is 23.1. The molecule has 1 aliphatic carbocycles. The predicted molar refractivity (Wildman–Crippen MR) is 275 cm³/mol. The van der Waals surface area contributed by atoms with Gasteiger partial charge in [0.05, 0.1) is 17.1 Å². The molecule has 3 nitrogen and oxygen atoms in total. The molecule has 2 heterocycles. The van der Waals surface area contributed by atoms with Crippen molar-refractivity contribution in [2.24, 2.45) is 0 Å². The standard InChI is InChI=1S/C62H51N3/c1-61(2)54-25-15-16-26-58(54)65-59-36-31-47(39-55(59)62(3,4)57-41-53(40-56(61)60(57)65)63(48-21-7-5-8-22-48)49-23-9-6-10-24-49)44-27-32-50(33-28-44)64(51-34-29-42-17-11-13-19-45(42)37-51)52-35-30-43-18-12-14-20-46(43)38-52/h5-13,15-19,21-41H,14,20H2,1-4H3. The number of para-hydroxylation sites is 3. The third-order valence-electron chi connectivity index (χ3n) is 14.4. The number of rotatable bonds is 7. The van der Waals surface area contributed by atoms with Crippen LogP contribution in [0.25, 0.3) is 28.0 Å². The molecule has 314 valence electrons. The van der Waals surface area contributed by atoms with Gasteiger partial charge < -0.3 is 14.7 Å². The summed E-state index contributed by atoms with van der Waals surface area (Å²) in [4.78, 5) is 7.40. The molecule has 2 aliphatic heterocycles. The van der Waals surface area contributed by atoms with Crippen molar-refractivity contribution < 1.29 is 0 Å². The molecule has 0 radical (unpaired) electrons. The summed E-state index contributed by atoms with van der Waals surface area (Å²) in [6, 6.07) is 74.4. The Morgan fingerprint density at radius 2 is 0.954 bits per heavy atom. The Kier molecular flexibility index (Phi) is 9.00. The lowest BCUT2D eigenvalue weighted by Crippen LogP contribution is -2.38. The van der Waals surface area contributed by atoms with Crippen molar-refractivity contribution in [1.82, 2.24) is 0 Å². The maximum absolute atomic E-state index is 2.56. The average molecular weight is 838 g/mol. The Balaban J connectivity index is 0.993. The number of hydrogen-bond donors (Lipinski definition) is 0. The van der Waals surface area contributed by atoms with E-state index in [0.29, 0.717) is 0 Å². The number of nitrogens with zero attached hydrogens (tertiary/aromatic N) is 3. The van der Waals surface area contributed by atoms with Gasteiger partial charge in [0.1, 0.15) is 0 Å². The molecule has 0 aromatic heterocycles. The lowest BCUT2D eigenvalue weighted by Gasteiger charge is -2.50. The molecular weight excluding hydrogens is 787 g/mol. The quantitative estimate of drug-likeness (QED) is 0.158. The fourth-order valence-corrected chi connectivity index (χ4v) is 10.9. The molecule has 9 aromatic carbocycles. The second kappa shape index (κ2) is 15.0. The molecule has 0 unspecified atom stereocenters. The second-order valence-electron chi connectivity index (χ2n) is 19.0. The van der Waals surface area contributed by atoms with Crippen LogP contribution in [-0.4, -0.2) is 0 Å². The van der Waals surface area contributed by atoms with E-state index in [2.05, 4.69) is 255 Å². The van der Waals surface area contributed by atoms with E-state index in [4.69, 9.17) is 0 Å². The molecular formula is C62H51N3. The van der Waals surface area contributed by atoms with E-state index in [1.54, 1.807) is 0 Å². The van der Waals surface area contributed by atoms with E-state index >= 15 is 0 Å². The summed E-state index contributed by atoms with van der Waals surface area (Å²) in [5, 5.41) is 2.48. The average Bonchev–Trinajstić information content (AvgIpc) is 3.35. The van der Waals surface area contributed by atoms with Gasteiger partial charge in [0, 0.05) is 45.0 Å². The Labute approximate surface area is 383 Å². The minimum atomic E-state index is -0.322. The molecule has 0 bridgehead atoms. The minimum absolute atomic E-state index is 0.238. The molecule has 9 aromatic rings. The van der Waals surface area contributed by atoms with Crippen LogP contribution in [0, 0.1) is 0 Å². The first-order valence-corrected chi connectivity index (χ1v) is 23.1. The largest absolute Gasteiger partial charge is 0.310 e. The van der Waals surface area contributed by atoms with Crippen molar-refractivity contribution in [2.75, 3.05) is 14.7 Å². The summed E-state index contributed by atoms with van der Waals surface area (Å²) >= 11 is 0. The maximum Gasteiger partial charge on any atom is 0.0545 e. The van der Waals surface area contributed by atoms with Crippen molar-refractivity contribution in [1.29, 1.82) is 0 Å². The molecule has 0 atom stereocenters. The number of hydrogen-bond acceptors (Lipinski definition) is 3. The number of fused-ring (bicyclic) bond motifs is 6. The summed E-state index contributed by atoms with van der Waals surface area (Å²) in [7, 11) is 0. The lowest BCUT2D eigenvalue weighted by molar-refractivity contribution is 0.597. The van der Waals surface area contributed by atoms with Crippen LogP contribution in [-0.2, 0) is 17.3 Å². The van der Waals surface area contributed by atoms with Crippen LogP contribution in [0.5, 0.6) is 0 Å². The van der Waals surface area contributed by atoms with Crippen LogP contribution in [0.15, 0.2) is 206 Å². The SMILES string of the molecule is CC1(C)c2ccccc2N2c3ccc(-c4ccc(N(c5ccc6c(c5)CCC=C6)c5ccc6ccccc6c5)cc4)cc3C(C)(C)c3cc(N(c4ccccc4)c4ccccc4)cc1c32. The van der Waals surface area contributed by atoms with E-state index in [1.165, 1.54) is 78.0 Å². The number of aryl methyl sites for hydroxylation is 1. The van der Waals surface area contributed by atoms with Crippen LogP contribution >= 0.6 is 0 Å². The van der Waals surface area contributed by atoms with Gasteiger partial charge in [-0.1, -0.05) is 149 Å². The Morgan fingerprint density at radius 3 is 1.69 bits per heavy atom. The van der Waals surface area contributed by atoms with Gasteiger partial charge >= 0.3 is 0 Å². The monoisotopic (exact) mass is 837 g/mol. The maximum atomic E-state index is 2.56. The third-order valence-corrected chi connectivity index (χ3v) is 14.4. The fourth-order valence-electron chi connectivity index (χ4n) is 10.9. The molecule has 0 fully saturated rings. The third kappa shape index (κ3) is 6.32. The Bertz CT molecular complexity index is 3290. The molecule has 0 saturated carbocycles. The van der Waals surface area contributed by atoms with Gasteiger partial charge in [0.2, 0.25) is 0 Å². The van der Waals surface area contributed by atoms with E-state index < -0.39 is 0 Å². The molecule has 65 heavy (non-hydrogen) atoms. The molecule has 0 spiro atoms. The van der Waals surface area contributed by atoms with Crippen molar-refractivity contribution in [3.05, 3.63) is 240 Å². The van der Waals surface area contributed by atoms with Crippen LogP contribution in [0.4, 0.5) is 51.2 Å². The predicted octanol–water partition coefficient (Wildman–Crippen LogP) is 17.2. The molecule has 12 rings (SSSR count). The highest BCUT2D eigenvalue weighted by Crippen LogP contribution is 2.61. The first-order chi connectivity index (χ1) is 31.7. The van der Waals surface area contributed by atoms with Gasteiger partial charge in [-0.15, -0.1) is 0 Å². The van der Waals surface area contributed by atoms with Crippen molar-refractivity contribution in [3.8, 4) is 11.1 Å². The van der Waals surface area contributed by atoms with Gasteiger partial charge in [-0.25, -0.2) is 0 Å². The zero-order valence-corrected chi connectivity index (χ0v) is 37.5. The van der Waals surface area contributed by atoms with Gasteiger partial charge in [-0.2, -0.15) is 0 Å². The summed E-state index contributed by atoms with van der Waals surface area (Å²) in [6.45, 7) is 9.65. The van der Waals surface area contributed by atoms with Crippen LogP contribution in [0.2, 0.25) is 0 Å². The normalized spacial score (nSPS) is 14.8. The second-order valence-corrected chi connectivity index (χ2v) is 19.0. The lowest BCUT2D eigenvalue weighted by atomic mass is 9.66. The molecule has 0 amide bonds. The highest BCUT2D eigenvalue weighted by Gasteiger charge is 2.46. The van der Waals surface area contributed by atoms with E-state index in [1.807, 2.05) is 0 Å².